The zero-order chi connectivity index (χ0) is 15.2. The third-order valence-corrected chi connectivity index (χ3v) is 3.13. The van der Waals surface area contributed by atoms with Gasteiger partial charge in [0.15, 0.2) is 0 Å². The molecule has 0 aliphatic rings. The number of carbonyl (C=O) groups is 1. The van der Waals surface area contributed by atoms with Gasteiger partial charge in [-0.3, -0.25) is 4.98 Å². The summed E-state index contributed by atoms with van der Waals surface area (Å²) in [6, 6.07) is 14.7. The highest BCUT2D eigenvalue weighted by atomic mass is 16.3. The van der Waals surface area contributed by atoms with Gasteiger partial charge in [-0.1, -0.05) is 24.3 Å². The maximum Gasteiger partial charge on any atom is 0.319 e. The van der Waals surface area contributed by atoms with Gasteiger partial charge in [-0.2, -0.15) is 0 Å². The molecular weight excluding hydrogens is 278 g/mol. The minimum Gasteiger partial charge on any atom is -0.472 e. The Morgan fingerprint density at radius 2 is 1.95 bits per heavy atom. The van der Waals surface area contributed by atoms with Crippen LogP contribution < -0.4 is 10.6 Å². The molecule has 110 valence electrons. The van der Waals surface area contributed by atoms with E-state index in [0.717, 1.165) is 22.5 Å². The SMILES string of the molecule is O=C(NCc1ccc(-c2ccoc2)nc1)Nc1ccccc1. The zero-order valence-corrected chi connectivity index (χ0v) is 11.8. The standard InChI is InChI=1S/C17H15N3O2/c21-17(20-15-4-2-1-3-5-15)19-11-13-6-7-16(18-10-13)14-8-9-22-12-14/h1-10,12H,11H2,(H2,19,20,21). The van der Waals surface area contributed by atoms with Crippen LogP contribution in [0.25, 0.3) is 11.3 Å². The van der Waals surface area contributed by atoms with Crippen molar-refractivity contribution in [2.75, 3.05) is 5.32 Å². The van der Waals surface area contributed by atoms with E-state index in [9.17, 15) is 4.79 Å². The summed E-state index contributed by atoms with van der Waals surface area (Å²) in [6.45, 7) is 0.414. The summed E-state index contributed by atoms with van der Waals surface area (Å²) in [6.07, 6.45) is 5.00. The van der Waals surface area contributed by atoms with Crippen LogP contribution >= 0.6 is 0 Å². The molecule has 2 heterocycles. The number of anilines is 1. The van der Waals surface area contributed by atoms with E-state index in [-0.39, 0.29) is 6.03 Å². The fraction of sp³-hybridized carbons (Fsp3) is 0.0588. The molecular formula is C17H15N3O2. The van der Waals surface area contributed by atoms with Gasteiger partial charge in [0.2, 0.25) is 0 Å². The van der Waals surface area contributed by atoms with Gasteiger partial charge in [0, 0.05) is 24.0 Å². The molecule has 0 aliphatic heterocycles. The molecule has 0 saturated heterocycles. The maximum absolute atomic E-state index is 11.8. The lowest BCUT2D eigenvalue weighted by atomic mass is 10.2. The molecule has 22 heavy (non-hydrogen) atoms. The normalized spacial score (nSPS) is 10.2. The summed E-state index contributed by atoms with van der Waals surface area (Å²) in [5.74, 6) is 0. The number of amides is 2. The smallest absolute Gasteiger partial charge is 0.319 e. The number of pyridine rings is 1. The number of rotatable bonds is 4. The van der Waals surface area contributed by atoms with Crippen molar-refractivity contribution in [2.45, 2.75) is 6.54 Å². The largest absolute Gasteiger partial charge is 0.472 e. The molecule has 0 radical (unpaired) electrons. The van der Waals surface area contributed by atoms with Crippen molar-refractivity contribution in [2.24, 2.45) is 0 Å². The number of aromatic nitrogens is 1. The minimum absolute atomic E-state index is 0.245. The molecule has 0 fully saturated rings. The van der Waals surface area contributed by atoms with E-state index in [0.29, 0.717) is 6.54 Å². The van der Waals surface area contributed by atoms with Crippen molar-refractivity contribution in [3.63, 3.8) is 0 Å². The molecule has 3 rings (SSSR count). The van der Waals surface area contributed by atoms with E-state index in [4.69, 9.17) is 4.42 Å². The number of benzene rings is 1. The first-order valence-electron chi connectivity index (χ1n) is 6.89. The van der Waals surface area contributed by atoms with E-state index in [1.165, 1.54) is 0 Å². The molecule has 1 aromatic carbocycles. The highest BCUT2D eigenvalue weighted by Crippen LogP contribution is 2.17. The summed E-state index contributed by atoms with van der Waals surface area (Å²) in [5.41, 5.74) is 3.46. The summed E-state index contributed by atoms with van der Waals surface area (Å²) in [4.78, 5) is 16.1. The maximum atomic E-state index is 11.8. The molecule has 0 spiro atoms. The second-order valence-corrected chi connectivity index (χ2v) is 4.74. The molecule has 2 aromatic heterocycles. The molecule has 0 saturated carbocycles. The van der Waals surface area contributed by atoms with Gasteiger partial charge >= 0.3 is 6.03 Å². The third-order valence-electron chi connectivity index (χ3n) is 3.13. The number of nitrogens with zero attached hydrogens (tertiary/aromatic N) is 1. The zero-order valence-electron chi connectivity index (χ0n) is 11.8. The van der Waals surface area contributed by atoms with E-state index in [1.54, 1.807) is 18.7 Å². The Labute approximate surface area is 128 Å². The van der Waals surface area contributed by atoms with Gasteiger partial charge in [0.1, 0.15) is 0 Å². The topological polar surface area (TPSA) is 67.2 Å². The number of furan rings is 1. The van der Waals surface area contributed by atoms with Crippen LogP contribution in [0.5, 0.6) is 0 Å². The van der Waals surface area contributed by atoms with Crippen molar-refractivity contribution < 1.29 is 9.21 Å². The lowest BCUT2D eigenvalue weighted by Gasteiger charge is -2.07. The first kappa shape index (κ1) is 13.9. The fourth-order valence-corrected chi connectivity index (χ4v) is 1.99. The molecule has 2 N–H and O–H groups in total. The average molecular weight is 293 g/mol. The number of nitrogens with one attached hydrogen (secondary N) is 2. The molecule has 2 amide bonds. The van der Waals surface area contributed by atoms with Crippen molar-refractivity contribution >= 4 is 11.7 Å². The van der Waals surface area contributed by atoms with Gasteiger partial charge in [-0.05, 0) is 29.8 Å². The van der Waals surface area contributed by atoms with E-state index < -0.39 is 0 Å². The van der Waals surface area contributed by atoms with Crippen LogP contribution in [0.3, 0.4) is 0 Å². The van der Waals surface area contributed by atoms with Crippen LogP contribution in [0, 0.1) is 0 Å². The summed E-state index contributed by atoms with van der Waals surface area (Å²) >= 11 is 0. The Bertz CT molecular complexity index is 722. The van der Waals surface area contributed by atoms with Crippen LogP contribution in [-0.4, -0.2) is 11.0 Å². The van der Waals surface area contributed by atoms with Gasteiger partial charge in [-0.25, -0.2) is 4.79 Å². The molecule has 0 bridgehead atoms. The van der Waals surface area contributed by atoms with Gasteiger partial charge in [-0.15, -0.1) is 0 Å². The van der Waals surface area contributed by atoms with Crippen LogP contribution in [0.1, 0.15) is 5.56 Å². The Morgan fingerprint density at radius 1 is 1.09 bits per heavy atom. The Kier molecular flexibility index (Phi) is 4.15. The minimum atomic E-state index is -0.245. The predicted molar refractivity (Wildman–Crippen MR) is 84.2 cm³/mol. The molecule has 0 atom stereocenters. The number of carbonyl (C=O) groups excluding carboxylic acids is 1. The molecule has 5 heteroatoms. The lowest BCUT2D eigenvalue weighted by Crippen LogP contribution is -2.28. The van der Waals surface area contributed by atoms with Crippen LogP contribution in [0.4, 0.5) is 10.5 Å². The Morgan fingerprint density at radius 3 is 2.64 bits per heavy atom. The number of hydrogen-bond acceptors (Lipinski definition) is 3. The monoisotopic (exact) mass is 293 g/mol. The first-order valence-corrected chi connectivity index (χ1v) is 6.89. The second-order valence-electron chi connectivity index (χ2n) is 4.74. The van der Waals surface area contributed by atoms with Gasteiger partial charge < -0.3 is 15.1 Å². The molecule has 5 nitrogen and oxygen atoms in total. The van der Waals surface area contributed by atoms with Crippen LogP contribution in [0.15, 0.2) is 71.7 Å². The fourth-order valence-electron chi connectivity index (χ4n) is 1.99. The number of hydrogen-bond donors (Lipinski definition) is 2. The second kappa shape index (κ2) is 6.58. The van der Waals surface area contributed by atoms with Crippen LogP contribution in [0.2, 0.25) is 0 Å². The number of para-hydroxylation sites is 1. The molecule has 3 aromatic rings. The van der Waals surface area contributed by atoms with Gasteiger partial charge in [0.25, 0.3) is 0 Å². The van der Waals surface area contributed by atoms with Crippen molar-refractivity contribution in [1.29, 1.82) is 0 Å². The lowest BCUT2D eigenvalue weighted by molar-refractivity contribution is 0.251. The van der Waals surface area contributed by atoms with Crippen molar-refractivity contribution in [3.05, 3.63) is 72.8 Å². The van der Waals surface area contributed by atoms with E-state index in [1.807, 2.05) is 48.5 Å². The first-order chi connectivity index (χ1) is 10.8. The van der Waals surface area contributed by atoms with Crippen molar-refractivity contribution in [1.82, 2.24) is 10.3 Å². The van der Waals surface area contributed by atoms with E-state index >= 15 is 0 Å². The predicted octanol–water partition coefficient (Wildman–Crippen LogP) is 3.66. The Balaban J connectivity index is 1.54. The van der Waals surface area contributed by atoms with Crippen LogP contribution in [-0.2, 0) is 6.54 Å². The van der Waals surface area contributed by atoms with E-state index in [2.05, 4.69) is 15.6 Å². The summed E-state index contributed by atoms with van der Waals surface area (Å²) in [5, 5.41) is 5.56. The third kappa shape index (κ3) is 3.52. The highest BCUT2D eigenvalue weighted by Gasteiger charge is 2.03. The highest BCUT2D eigenvalue weighted by molar-refractivity contribution is 5.89. The summed E-state index contributed by atoms with van der Waals surface area (Å²) in [7, 11) is 0. The molecule has 0 unspecified atom stereocenters. The quantitative estimate of drug-likeness (QED) is 0.771. The van der Waals surface area contributed by atoms with Gasteiger partial charge in [0.05, 0.1) is 18.2 Å². The van der Waals surface area contributed by atoms with Crippen molar-refractivity contribution in [3.8, 4) is 11.3 Å². The summed E-state index contributed by atoms with van der Waals surface area (Å²) < 4.78 is 5.03. The number of urea groups is 1. The average Bonchev–Trinajstić information content (AvgIpc) is 3.09. The molecule has 0 aliphatic carbocycles. The Hall–Kier alpha value is -3.08.